The Hall–Kier alpha value is -1.87. The normalized spacial score (nSPS) is 10.4. The Kier molecular flexibility index (Phi) is 3.34. The first kappa shape index (κ1) is 12.6. The summed E-state index contributed by atoms with van der Waals surface area (Å²) < 4.78 is 13.9. The molecule has 18 heavy (non-hydrogen) atoms. The summed E-state index contributed by atoms with van der Waals surface area (Å²) in [5.74, 6) is -0.941. The molecule has 2 aromatic rings. The van der Waals surface area contributed by atoms with Crippen LogP contribution in [0, 0.1) is 12.7 Å². The molecule has 2 N–H and O–H groups in total. The predicted octanol–water partition coefficient (Wildman–Crippen LogP) is 3.60. The lowest BCUT2D eigenvalue weighted by Crippen LogP contribution is -2.06. The molecule has 0 saturated heterocycles. The van der Waals surface area contributed by atoms with Gasteiger partial charge in [-0.05, 0) is 48.9 Å². The summed E-state index contributed by atoms with van der Waals surface area (Å²) >= 11 is 5.74. The quantitative estimate of drug-likeness (QED) is 0.664. The molecule has 0 atom stereocenters. The number of nitrogens with two attached hydrogens (primary N) is 1. The minimum atomic E-state index is -0.538. The number of anilines is 1. The zero-order valence-electron chi connectivity index (χ0n) is 9.71. The highest BCUT2D eigenvalue weighted by Crippen LogP contribution is 2.21. The second-order valence-electron chi connectivity index (χ2n) is 4.04. The fraction of sp³-hybridized carbons (Fsp3) is 0.0714. The summed E-state index contributed by atoms with van der Waals surface area (Å²) in [5.41, 5.74) is 6.71. The molecule has 0 aliphatic rings. The number of ketones is 1. The van der Waals surface area contributed by atoms with Crippen molar-refractivity contribution < 1.29 is 9.18 Å². The summed E-state index contributed by atoms with van der Waals surface area (Å²) in [6.45, 7) is 1.57. The van der Waals surface area contributed by atoms with Gasteiger partial charge in [0.15, 0.2) is 5.78 Å². The zero-order valence-corrected chi connectivity index (χ0v) is 10.5. The smallest absolute Gasteiger partial charge is 0.196 e. The Labute approximate surface area is 109 Å². The van der Waals surface area contributed by atoms with Crippen molar-refractivity contribution in [2.45, 2.75) is 6.92 Å². The Morgan fingerprint density at radius 3 is 2.44 bits per heavy atom. The molecule has 0 bridgehead atoms. The van der Waals surface area contributed by atoms with Crippen LogP contribution in [-0.4, -0.2) is 5.78 Å². The third-order valence-electron chi connectivity index (χ3n) is 2.63. The molecular weight excluding hydrogens is 253 g/mol. The highest BCUT2D eigenvalue weighted by atomic mass is 35.5. The van der Waals surface area contributed by atoms with E-state index in [4.69, 9.17) is 17.3 Å². The molecule has 0 radical (unpaired) electrons. The molecule has 0 amide bonds. The Morgan fingerprint density at radius 1 is 1.22 bits per heavy atom. The number of carbonyl (C=O) groups excluding carboxylic acids is 1. The maximum Gasteiger partial charge on any atom is 0.196 e. The zero-order chi connectivity index (χ0) is 13.3. The van der Waals surface area contributed by atoms with Gasteiger partial charge >= 0.3 is 0 Å². The molecule has 92 valence electrons. The SMILES string of the molecule is Cc1cc(N)cc(C(=O)c2ccc(Cl)cc2)c1F. The maximum absolute atomic E-state index is 13.9. The number of aryl methyl sites for hydroxylation is 1. The van der Waals surface area contributed by atoms with Crippen molar-refractivity contribution in [1.82, 2.24) is 0 Å². The second kappa shape index (κ2) is 4.78. The fourth-order valence-corrected chi connectivity index (χ4v) is 1.85. The lowest BCUT2D eigenvalue weighted by molar-refractivity contribution is 0.103. The van der Waals surface area contributed by atoms with Crippen molar-refractivity contribution in [1.29, 1.82) is 0 Å². The third-order valence-corrected chi connectivity index (χ3v) is 2.88. The van der Waals surface area contributed by atoms with Crippen LogP contribution in [0.4, 0.5) is 10.1 Å². The number of hydrogen-bond donors (Lipinski definition) is 1. The molecule has 0 unspecified atom stereocenters. The van der Waals surface area contributed by atoms with Crippen LogP contribution in [0.3, 0.4) is 0 Å². The summed E-state index contributed by atoms with van der Waals surface area (Å²) in [6.07, 6.45) is 0. The molecule has 4 heteroatoms. The van der Waals surface area contributed by atoms with E-state index in [1.54, 1.807) is 31.2 Å². The van der Waals surface area contributed by atoms with E-state index in [-0.39, 0.29) is 5.56 Å². The van der Waals surface area contributed by atoms with E-state index < -0.39 is 11.6 Å². The molecule has 2 rings (SSSR count). The highest BCUT2D eigenvalue weighted by molar-refractivity contribution is 6.30. The number of nitrogen functional groups attached to an aromatic ring is 1. The lowest BCUT2D eigenvalue weighted by Gasteiger charge is -2.07. The average molecular weight is 264 g/mol. The second-order valence-corrected chi connectivity index (χ2v) is 4.47. The number of carbonyl (C=O) groups is 1. The lowest BCUT2D eigenvalue weighted by atomic mass is 10.00. The first-order valence-electron chi connectivity index (χ1n) is 5.35. The number of benzene rings is 2. The van der Waals surface area contributed by atoms with Gasteiger partial charge in [0.2, 0.25) is 0 Å². The van der Waals surface area contributed by atoms with E-state index in [0.29, 0.717) is 21.8 Å². The van der Waals surface area contributed by atoms with Gasteiger partial charge in [-0.3, -0.25) is 4.79 Å². The Bertz CT molecular complexity index is 608. The van der Waals surface area contributed by atoms with Crippen molar-refractivity contribution >= 4 is 23.1 Å². The van der Waals surface area contributed by atoms with E-state index in [1.807, 2.05) is 0 Å². The van der Waals surface area contributed by atoms with Crippen LogP contribution in [0.2, 0.25) is 5.02 Å². The van der Waals surface area contributed by atoms with Gasteiger partial charge in [0.1, 0.15) is 5.82 Å². The molecule has 0 aliphatic heterocycles. The summed E-state index contributed by atoms with van der Waals surface area (Å²) in [4.78, 5) is 12.1. The van der Waals surface area contributed by atoms with Gasteiger partial charge in [-0.15, -0.1) is 0 Å². The van der Waals surface area contributed by atoms with Crippen LogP contribution in [0.5, 0.6) is 0 Å². The fourth-order valence-electron chi connectivity index (χ4n) is 1.72. The first-order valence-corrected chi connectivity index (χ1v) is 5.72. The van der Waals surface area contributed by atoms with Crippen LogP contribution >= 0.6 is 11.6 Å². The van der Waals surface area contributed by atoms with Crippen molar-refractivity contribution in [3.63, 3.8) is 0 Å². The van der Waals surface area contributed by atoms with Gasteiger partial charge in [-0.25, -0.2) is 4.39 Å². The molecule has 0 aliphatic carbocycles. The minimum absolute atomic E-state index is 0.0187. The third kappa shape index (κ3) is 2.36. The summed E-state index contributed by atoms with van der Waals surface area (Å²) in [5, 5.41) is 0.524. The van der Waals surface area contributed by atoms with Gasteiger partial charge < -0.3 is 5.73 Å². The van der Waals surface area contributed by atoms with Gasteiger partial charge in [0.25, 0.3) is 0 Å². The Balaban J connectivity index is 2.49. The van der Waals surface area contributed by atoms with Crippen molar-refractivity contribution in [3.05, 3.63) is 63.9 Å². The molecule has 2 aromatic carbocycles. The molecule has 0 saturated carbocycles. The number of hydrogen-bond acceptors (Lipinski definition) is 2. The van der Waals surface area contributed by atoms with Crippen LogP contribution in [0.15, 0.2) is 36.4 Å². The molecular formula is C14H11ClFNO. The predicted molar refractivity (Wildman–Crippen MR) is 70.4 cm³/mol. The maximum atomic E-state index is 13.9. The van der Waals surface area contributed by atoms with Gasteiger partial charge in [-0.2, -0.15) is 0 Å². The van der Waals surface area contributed by atoms with E-state index in [9.17, 15) is 9.18 Å². The van der Waals surface area contributed by atoms with E-state index in [0.717, 1.165) is 0 Å². The summed E-state index contributed by atoms with van der Waals surface area (Å²) in [7, 11) is 0. The minimum Gasteiger partial charge on any atom is -0.399 e. The average Bonchev–Trinajstić information content (AvgIpc) is 2.34. The van der Waals surface area contributed by atoms with Crippen LogP contribution in [0.1, 0.15) is 21.5 Å². The van der Waals surface area contributed by atoms with E-state index in [2.05, 4.69) is 0 Å². The van der Waals surface area contributed by atoms with Crippen molar-refractivity contribution in [3.8, 4) is 0 Å². The molecule has 0 heterocycles. The van der Waals surface area contributed by atoms with Crippen molar-refractivity contribution in [2.75, 3.05) is 5.73 Å². The highest BCUT2D eigenvalue weighted by Gasteiger charge is 2.16. The Morgan fingerprint density at radius 2 is 1.83 bits per heavy atom. The van der Waals surface area contributed by atoms with Gasteiger partial charge in [0, 0.05) is 16.3 Å². The summed E-state index contributed by atoms with van der Waals surface area (Å²) in [6, 6.07) is 9.14. The largest absolute Gasteiger partial charge is 0.399 e. The molecule has 0 aromatic heterocycles. The first-order chi connectivity index (χ1) is 8.49. The van der Waals surface area contributed by atoms with Crippen LogP contribution < -0.4 is 5.73 Å². The van der Waals surface area contributed by atoms with E-state index >= 15 is 0 Å². The van der Waals surface area contributed by atoms with E-state index in [1.165, 1.54) is 12.1 Å². The van der Waals surface area contributed by atoms with Crippen LogP contribution in [0.25, 0.3) is 0 Å². The topological polar surface area (TPSA) is 43.1 Å². The number of rotatable bonds is 2. The van der Waals surface area contributed by atoms with Crippen molar-refractivity contribution in [2.24, 2.45) is 0 Å². The monoisotopic (exact) mass is 263 g/mol. The molecule has 0 spiro atoms. The van der Waals surface area contributed by atoms with Gasteiger partial charge in [0.05, 0.1) is 5.56 Å². The number of halogens is 2. The molecule has 2 nitrogen and oxygen atoms in total. The standard InChI is InChI=1S/C14H11ClFNO/c1-8-6-11(17)7-12(13(8)16)14(18)9-2-4-10(15)5-3-9/h2-7H,17H2,1H3. The van der Waals surface area contributed by atoms with Gasteiger partial charge in [-0.1, -0.05) is 11.6 Å². The van der Waals surface area contributed by atoms with Crippen LogP contribution in [-0.2, 0) is 0 Å². The molecule has 0 fully saturated rings.